The van der Waals surface area contributed by atoms with Gasteiger partial charge in [0.25, 0.3) is 11.8 Å². The van der Waals surface area contributed by atoms with E-state index in [9.17, 15) is 14.0 Å². The Kier molecular flexibility index (Phi) is 6.80. The maximum Gasteiger partial charge on any atom is 0.294 e. The molecule has 0 bridgehead atoms. The van der Waals surface area contributed by atoms with E-state index >= 15 is 0 Å². The fourth-order valence-corrected chi connectivity index (χ4v) is 3.49. The number of nitrogens with zero attached hydrogens (tertiary/aromatic N) is 1. The highest BCUT2D eigenvalue weighted by atomic mass is 19.1. The second kappa shape index (κ2) is 10.1. The van der Waals surface area contributed by atoms with Crippen molar-refractivity contribution in [1.29, 1.82) is 0 Å². The van der Waals surface area contributed by atoms with Gasteiger partial charge < -0.3 is 14.8 Å². The molecule has 1 N–H and O–H groups in total. The number of nitrogens with one attached hydrogen (secondary N) is 1. The lowest BCUT2D eigenvalue weighted by Gasteiger charge is -2.30. The van der Waals surface area contributed by atoms with E-state index in [0.29, 0.717) is 41.3 Å². The molecule has 0 fully saturated rings. The number of ether oxygens (including phenoxy) is 2. The third-order valence-corrected chi connectivity index (χ3v) is 5.12. The zero-order valence-electron chi connectivity index (χ0n) is 18.1. The van der Waals surface area contributed by atoms with Crippen molar-refractivity contribution in [3.05, 3.63) is 101 Å². The Bertz CT molecular complexity index is 1190. The van der Waals surface area contributed by atoms with E-state index < -0.39 is 0 Å². The Labute approximate surface area is 191 Å². The van der Waals surface area contributed by atoms with Crippen LogP contribution in [-0.2, 0) is 16.1 Å². The van der Waals surface area contributed by atoms with Crippen molar-refractivity contribution in [2.24, 2.45) is 0 Å². The molecule has 168 valence electrons. The van der Waals surface area contributed by atoms with Crippen molar-refractivity contribution in [3.63, 3.8) is 0 Å². The van der Waals surface area contributed by atoms with Crippen LogP contribution in [0.25, 0.3) is 6.08 Å². The molecule has 6 nitrogen and oxygen atoms in total. The average molecular weight is 446 g/mol. The van der Waals surface area contributed by atoms with Crippen LogP contribution in [0, 0.1) is 5.82 Å². The fraction of sp³-hybridized carbons (Fsp3) is 0.154. The van der Waals surface area contributed by atoms with Gasteiger partial charge in [0.15, 0.2) is 11.5 Å². The quantitative estimate of drug-likeness (QED) is 0.437. The lowest BCUT2D eigenvalue weighted by molar-refractivity contribution is -0.117. The standard InChI is InChI=1S/C26H23FN2O4/c1-32-14-13-28-25(30)20-11-9-18(10-12-20)16-24-26(31)29(17-19-5-4-6-21(27)15-19)22-7-2-3-8-23(22)33-24/h2-12,15-16H,13-14,17H2,1H3,(H,28,30). The molecular weight excluding hydrogens is 423 g/mol. The summed E-state index contributed by atoms with van der Waals surface area (Å²) in [5.41, 5.74) is 2.49. The van der Waals surface area contributed by atoms with Crippen LogP contribution >= 0.6 is 0 Å². The van der Waals surface area contributed by atoms with Crippen molar-refractivity contribution in [2.75, 3.05) is 25.2 Å². The topological polar surface area (TPSA) is 67.9 Å². The number of amides is 2. The van der Waals surface area contributed by atoms with Crippen LogP contribution in [-0.4, -0.2) is 32.1 Å². The smallest absolute Gasteiger partial charge is 0.294 e. The molecule has 0 saturated carbocycles. The number of benzene rings is 3. The van der Waals surface area contributed by atoms with E-state index in [1.54, 1.807) is 66.6 Å². The number of halogens is 1. The monoisotopic (exact) mass is 446 g/mol. The summed E-state index contributed by atoms with van der Waals surface area (Å²) in [6.45, 7) is 1.06. The average Bonchev–Trinajstić information content (AvgIpc) is 2.82. The number of carbonyl (C=O) groups is 2. The molecule has 0 atom stereocenters. The van der Waals surface area contributed by atoms with E-state index in [4.69, 9.17) is 9.47 Å². The van der Waals surface area contributed by atoms with Gasteiger partial charge in [-0.25, -0.2) is 4.39 Å². The Morgan fingerprint density at radius 1 is 1.09 bits per heavy atom. The van der Waals surface area contributed by atoms with Crippen LogP contribution in [0.4, 0.5) is 10.1 Å². The van der Waals surface area contributed by atoms with Gasteiger partial charge in [-0.2, -0.15) is 0 Å². The van der Waals surface area contributed by atoms with Crippen LogP contribution < -0.4 is 15.0 Å². The summed E-state index contributed by atoms with van der Waals surface area (Å²) < 4.78 is 24.5. The third-order valence-electron chi connectivity index (χ3n) is 5.12. The number of rotatable bonds is 7. The van der Waals surface area contributed by atoms with Crippen LogP contribution in [0.1, 0.15) is 21.5 Å². The van der Waals surface area contributed by atoms with Gasteiger partial charge in [0.05, 0.1) is 18.8 Å². The molecule has 0 aromatic heterocycles. The van der Waals surface area contributed by atoms with Crippen LogP contribution in [0.2, 0.25) is 0 Å². The number of fused-ring (bicyclic) bond motifs is 1. The molecule has 0 saturated heterocycles. The molecule has 3 aromatic rings. The van der Waals surface area contributed by atoms with Crippen molar-refractivity contribution < 1.29 is 23.5 Å². The zero-order chi connectivity index (χ0) is 23.2. The second-order valence-electron chi connectivity index (χ2n) is 7.47. The second-order valence-corrected chi connectivity index (χ2v) is 7.47. The van der Waals surface area contributed by atoms with E-state index in [0.717, 1.165) is 0 Å². The van der Waals surface area contributed by atoms with Gasteiger partial charge in [0, 0.05) is 19.2 Å². The lowest BCUT2D eigenvalue weighted by Crippen LogP contribution is -2.36. The van der Waals surface area contributed by atoms with Gasteiger partial charge in [-0.1, -0.05) is 36.4 Å². The first kappa shape index (κ1) is 22.2. The van der Waals surface area contributed by atoms with Gasteiger partial charge in [-0.05, 0) is 53.6 Å². The molecule has 0 spiro atoms. The maximum absolute atomic E-state index is 13.7. The molecule has 2 amide bonds. The van der Waals surface area contributed by atoms with Gasteiger partial charge in [0.1, 0.15) is 5.82 Å². The first-order valence-corrected chi connectivity index (χ1v) is 10.5. The number of methoxy groups -OCH3 is 1. The van der Waals surface area contributed by atoms with Gasteiger partial charge in [-0.15, -0.1) is 0 Å². The van der Waals surface area contributed by atoms with Gasteiger partial charge in [-0.3, -0.25) is 14.5 Å². The van der Waals surface area contributed by atoms with Crippen molar-refractivity contribution in [3.8, 4) is 5.75 Å². The summed E-state index contributed by atoms with van der Waals surface area (Å²) >= 11 is 0. The highest BCUT2D eigenvalue weighted by Crippen LogP contribution is 2.36. The minimum atomic E-state index is -0.358. The Balaban J connectivity index is 1.58. The summed E-state index contributed by atoms with van der Waals surface area (Å²) in [6, 6.07) is 20.2. The molecule has 1 heterocycles. The van der Waals surface area contributed by atoms with Crippen LogP contribution in [0.5, 0.6) is 5.75 Å². The van der Waals surface area contributed by atoms with Crippen LogP contribution in [0.3, 0.4) is 0 Å². The SMILES string of the molecule is COCCNC(=O)c1ccc(C=C2Oc3ccccc3N(Cc3cccc(F)c3)C2=O)cc1. The molecule has 7 heteroatoms. The third kappa shape index (κ3) is 5.27. The summed E-state index contributed by atoms with van der Waals surface area (Å²) in [4.78, 5) is 27.0. The van der Waals surface area contributed by atoms with Crippen molar-refractivity contribution in [1.82, 2.24) is 5.32 Å². The zero-order valence-corrected chi connectivity index (χ0v) is 18.1. The molecule has 4 rings (SSSR count). The number of hydrogen-bond acceptors (Lipinski definition) is 4. The molecule has 33 heavy (non-hydrogen) atoms. The Hall–Kier alpha value is -3.97. The van der Waals surface area contributed by atoms with E-state index in [1.165, 1.54) is 12.1 Å². The van der Waals surface area contributed by atoms with Gasteiger partial charge in [0.2, 0.25) is 0 Å². The molecule has 3 aromatic carbocycles. The maximum atomic E-state index is 13.7. The van der Waals surface area contributed by atoms with E-state index in [-0.39, 0.29) is 29.9 Å². The fourth-order valence-electron chi connectivity index (χ4n) is 3.49. The molecule has 0 radical (unpaired) electrons. The first-order chi connectivity index (χ1) is 16.0. The number of para-hydroxylation sites is 2. The van der Waals surface area contributed by atoms with Crippen molar-refractivity contribution in [2.45, 2.75) is 6.54 Å². The summed E-state index contributed by atoms with van der Waals surface area (Å²) in [7, 11) is 1.57. The predicted octanol–water partition coefficient (Wildman–Crippen LogP) is 4.17. The van der Waals surface area contributed by atoms with Crippen LogP contribution in [0.15, 0.2) is 78.6 Å². The minimum Gasteiger partial charge on any atom is -0.449 e. The molecule has 0 unspecified atom stereocenters. The van der Waals surface area contributed by atoms with Gasteiger partial charge >= 0.3 is 0 Å². The lowest BCUT2D eigenvalue weighted by atomic mass is 10.1. The van der Waals surface area contributed by atoms with Crippen molar-refractivity contribution >= 4 is 23.6 Å². The van der Waals surface area contributed by atoms with E-state index in [1.807, 2.05) is 12.1 Å². The molecule has 1 aliphatic heterocycles. The Morgan fingerprint density at radius 3 is 2.64 bits per heavy atom. The summed E-state index contributed by atoms with van der Waals surface area (Å²) in [5.74, 6) is -0.217. The normalized spacial score (nSPS) is 14.1. The summed E-state index contributed by atoms with van der Waals surface area (Å²) in [6.07, 6.45) is 1.63. The number of hydrogen-bond donors (Lipinski definition) is 1. The minimum absolute atomic E-state index is 0.141. The highest BCUT2D eigenvalue weighted by molar-refractivity contribution is 6.09. The first-order valence-electron chi connectivity index (χ1n) is 10.5. The largest absolute Gasteiger partial charge is 0.449 e. The summed E-state index contributed by atoms with van der Waals surface area (Å²) in [5, 5.41) is 2.76. The predicted molar refractivity (Wildman–Crippen MR) is 123 cm³/mol. The van der Waals surface area contributed by atoms with E-state index in [2.05, 4.69) is 5.32 Å². The number of carbonyl (C=O) groups excluding carboxylic acids is 2. The molecule has 1 aliphatic rings. The molecular formula is C26H23FN2O4. The number of anilines is 1. The highest BCUT2D eigenvalue weighted by Gasteiger charge is 2.30. The Morgan fingerprint density at radius 2 is 1.88 bits per heavy atom. The molecule has 0 aliphatic carbocycles.